The van der Waals surface area contributed by atoms with Crippen LogP contribution in [0.25, 0.3) is 11.2 Å². The van der Waals surface area contributed by atoms with Crippen LogP contribution in [-0.4, -0.2) is 74.6 Å². The lowest BCUT2D eigenvalue weighted by Crippen LogP contribution is -2.42. The summed E-state index contributed by atoms with van der Waals surface area (Å²) in [5, 5.41) is 28.2. The Morgan fingerprint density at radius 2 is 2.00 bits per heavy atom. The van der Waals surface area contributed by atoms with Crippen LogP contribution >= 0.6 is 7.82 Å². The molecule has 1 fully saturated rings. The molecule has 4 atom stereocenters. The van der Waals surface area contributed by atoms with E-state index in [0.717, 1.165) is 0 Å². The monoisotopic (exact) mass is 383 g/mol. The molecule has 3 heterocycles. The lowest BCUT2D eigenvalue weighted by molar-refractivity contribution is -0.177. The van der Waals surface area contributed by atoms with E-state index in [-0.39, 0.29) is 17.3 Å². The molecule has 2 aromatic rings. The molecule has 2 aromatic heterocycles. The number of fused-ring (bicyclic) bond motifs is 1. The van der Waals surface area contributed by atoms with Gasteiger partial charge in [0, 0.05) is 0 Å². The molecule has 9 N–H and O–H groups in total. The van der Waals surface area contributed by atoms with Crippen molar-refractivity contribution in [3.05, 3.63) is 12.2 Å². The highest BCUT2D eigenvalue weighted by molar-refractivity contribution is 7.45. The lowest BCUT2D eigenvalue weighted by atomic mass is 10.0. The first-order chi connectivity index (χ1) is 11.4. The average Bonchev–Trinajstić information content (AvgIpc) is 3.02. The molecular weight excluding hydrogens is 368 g/mol. The first-order valence-corrected chi connectivity index (χ1v) is 8.12. The molecule has 0 bridgehead atoms. The van der Waals surface area contributed by atoms with E-state index in [9.17, 15) is 14.6 Å². The van der Waals surface area contributed by atoms with Crippen LogP contribution in [-0.2, 0) is 9.30 Å². The quantitative estimate of drug-likeness (QED) is 0.251. The van der Waals surface area contributed by atoms with Crippen molar-refractivity contribution in [1.82, 2.24) is 19.9 Å². The number of hydrogen-bond donors (Lipinski definition) is 8. The van der Waals surface area contributed by atoms with Crippen molar-refractivity contribution in [1.29, 1.82) is 0 Å². The summed E-state index contributed by atoms with van der Waals surface area (Å²) in [4.78, 5) is 35.9. The maximum absolute atomic E-state index is 14.2. The second kappa shape index (κ2) is 6.86. The molecule has 0 saturated carbocycles. The molecule has 0 radical (unpaired) electrons. The smallest absolute Gasteiger partial charge is 0.394 e. The van der Waals surface area contributed by atoms with Gasteiger partial charge in [0.2, 0.25) is 0 Å². The Morgan fingerprint density at radius 3 is 2.52 bits per heavy atom. The molecule has 0 amide bonds. The molecule has 25 heavy (non-hydrogen) atoms. The Morgan fingerprint density at radius 1 is 1.40 bits per heavy atom. The molecule has 13 nitrogen and oxygen atoms in total. The largest absolute Gasteiger partial charge is 0.466 e. The molecule has 0 spiro atoms. The minimum atomic E-state index is -4.64. The molecule has 3 rings (SSSR count). The molecule has 1 saturated heterocycles. The van der Waals surface area contributed by atoms with E-state index >= 15 is 0 Å². The minimum absolute atomic E-state index is 0.00355. The van der Waals surface area contributed by atoms with E-state index in [0.29, 0.717) is 5.52 Å². The summed E-state index contributed by atoms with van der Waals surface area (Å²) in [5.74, 6) is -3.39. The molecule has 1 unspecified atom stereocenters. The normalized spacial score (nSPS) is 29.5. The zero-order chi connectivity index (χ0) is 19.0. The van der Waals surface area contributed by atoms with Gasteiger partial charge in [-0.15, -0.1) is 0 Å². The number of ether oxygens (including phenoxy) is 1. The highest BCUT2D eigenvalue weighted by atomic mass is 31.2. The summed E-state index contributed by atoms with van der Waals surface area (Å²) in [7, 11) is -4.64. The summed E-state index contributed by atoms with van der Waals surface area (Å²) < 4.78 is 28.1. The third-order valence-corrected chi connectivity index (χ3v) is 3.19. The summed E-state index contributed by atoms with van der Waals surface area (Å²) in [6.07, 6.45) is -3.54. The maximum Gasteiger partial charge on any atom is 0.466 e. The second-order valence-corrected chi connectivity index (χ2v) is 6.02. The number of aromatic nitrogens is 4. The molecular formula is C10H15FN5O8P. The number of aromatic amines is 1. The van der Waals surface area contributed by atoms with Gasteiger partial charge in [-0.2, -0.15) is 0 Å². The zero-order valence-corrected chi connectivity index (χ0v) is 13.2. The van der Waals surface area contributed by atoms with Crippen LogP contribution < -0.4 is 5.73 Å². The number of aliphatic hydroxyl groups is 3. The Labute approximate surface area is 138 Å². The second-order valence-electron chi connectivity index (χ2n) is 4.99. The van der Waals surface area contributed by atoms with Crippen LogP contribution in [0, 0.1) is 0 Å². The topological polar surface area (TPSA) is 228 Å². The van der Waals surface area contributed by atoms with Gasteiger partial charge in [-0.25, -0.2) is 23.9 Å². The van der Waals surface area contributed by atoms with Gasteiger partial charge >= 0.3 is 7.82 Å². The van der Waals surface area contributed by atoms with Gasteiger partial charge in [0.15, 0.2) is 23.4 Å². The average molecular weight is 383 g/mol. The molecule has 0 aliphatic carbocycles. The van der Waals surface area contributed by atoms with Crippen LogP contribution in [0.5, 0.6) is 0 Å². The van der Waals surface area contributed by atoms with Crippen molar-refractivity contribution in [3.63, 3.8) is 0 Å². The number of imidazole rings is 1. The number of rotatable bonds is 2. The Bertz CT molecular complexity index is 788. The summed E-state index contributed by atoms with van der Waals surface area (Å²) in [6, 6.07) is 0. The fourth-order valence-electron chi connectivity index (χ4n) is 2.14. The van der Waals surface area contributed by atoms with E-state index in [1.807, 2.05) is 0 Å². The minimum Gasteiger partial charge on any atom is -0.394 e. The van der Waals surface area contributed by atoms with Gasteiger partial charge < -0.3 is 45.5 Å². The van der Waals surface area contributed by atoms with Crippen molar-refractivity contribution in [2.75, 3.05) is 12.3 Å². The summed E-state index contributed by atoms with van der Waals surface area (Å²) in [5.41, 5.74) is 6.21. The zero-order valence-electron chi connectivity index (χ0n) is 12.3. The molecule has 1 aliphatic heterocycles. The number of H-pyrrole nitrogens is 1. The van der Waals surface area contributed by atoms with E-state index in [1.54, 1.807) is 0 Å². The summed E-state index contributed by atoms with van der Waals surface area (Å²) >= 11 is 0. The highest BCUT2D eigenvalue weighted by Gasteiger charge is 2.58. The maximum atomic E-state index is 14.2. The number of halogens is 1. The SMILES string of the molecule is Nc1nc(C2O[C@H](CO)[C@@H](O)[C@@]2(O)F)nc2nc[nH]c12.O=P(O)(O)O. The Kier molecular flexibility index (Phi) is 5.36. The number of alkyl halides is 1. The van der Waals surface area contributed by atoms with Crippen LogP contribution in [0.1, 0.15) is 11.9 Å². The van der Waals surface area contributed by atoms with E-state index in [4.69, 9.17) is 34.8 Å². The fourth-order valence-corrected chi connectivity index (χ4v) is 2.14. The number of anilines is 1. The first kappa shape index (κ1) is 19.6. The van der Waals surface area contributed by atoms with Gasteiger partial charge in [-0.3, -0.25) is 0 Å². The third-order valence-electron chi connectivity index (χ3n) is 3.19. The predicted octanol–water partition coefficient (Wildman–Crippen LogP) is -2.54. The number of hydrogen-bond acceptors (Lipinski definition) is 9. The van der Waals surface area contributed by atoms with Gasteiger partial charge in [0.1, 0.15) is 17.7 Å². The lowest BCUT2D eigenvalue weighted by Gasteiger charge is -2.21. The van der Waals surface area contributed by atoms with Crippen LogP contribution in [0.3, 0.4) is 0 Å². The van der Waals surface area contributed by atoms with Gasteiger partial charge in [0.25, 0.3) is 5.85 Å². The van der Waals surface area contributed by atoms with Crippen LogP contribution in [0.4, 0.5) is 10.2 Å². The number of nitrogens with zero attached hydrogens (tertiary/aromatic N) is 3. The first-order valence-electron chi connectivity index (χ1n) is 6.55. The van der Waals surface area contributed by atoms with Crippen molar-refractivity contribution in [2.24, 2.45) is 0 Å². The predicted molar refractivity (Wildman–Crippen MR) is 77.1 cm³/mol. The van der Waals surface area contributed by atoms with E-state index in [2.05, 4.69) is 19.9 Å². The Balaban J connectivity index is 0.000000399. The van der Waals surface area contributed by atoms with Crippen molar-refractivity contribution < 1.29 is 43.7 Å². The van der Waals surface area contributed by atoms with Crippen molar-refractivity contribution in [2.45, 2.75) is 24.2 Å². The van der Waals surface area contributed by atoms with E-state index in [1.165, 1.54) is 6.33 Å². The molecule has 0 aromatic carbocycles. The fraction of sp³-hybridized carbons (Fsp3) is 0.500. The third kappa shape index (κ3) is 4.26. The molecule has 15 heteroatoms. The molecule has 1 aliphatic rings. The van der Waals surface area contributed by atoms with Crippen LogP contribution in [0.15, 0.2) is 6.33 Å². The summed E-state index contributed by atoms with van der Waals surface area (Å²) in [6.45, 7) is -0.663. The Hall–Kier alpha value is -1.77. The number of nitrogens with two attached hydrogens (primary N) is 1. The number of aliphatic hydroxyl groups excluding tert-OH is 2. The number of phosphoric acid groups is 1. The standard InChI is InChI=1S/C10H12FN5O4.H3O4P/c11-10(19)5(18)3(1-17)20-6(10)9-15-7(12)4-8(16-9)14-2-13-4;1-5(2,3)4/h2-3,5-6,17-19H,1H2,(H3,12,13,14,15,16);(H3,1,2,3,4)/t3-,5-,6?,10+;/m1./s1. The highest BCUT2D eigenvalue weighted by Crippen LogP contribution is 2.41. The number of nitrogen functional groups attached to an aromatic ring is 1. The van der Waals surface area contributed by atoms with Gasteiger partial charge in [0.05, 0.1) is 12.9 Å². The molecule has 140 valence electrons. The van der Waals surface area contributed by atoms with Gasteiger partial charge in [-0.05, 0) is 0 Å². The van der Waals surface area contributed by atoms with E-state index < -0.39 is 38.6 Å². The number of nitrogens with one attached hydrogen (secondary N) is 1. The van der Waals surface area contributed by atoms with Crippen LogP contribution in [0.2, 0.25) is 0 Å². The van der Waals surface area contributed by atoms with Gasteiger partial charge in [-0.1, -0.05) is 0 Å². The van der Waals surface area contributed by atoms with Crippen molar-refractivity contribution >= 4 is 24.8 Å². The van der Waals surface area contributed by atoms with Crippen molar-refractivity contribution in [3.8, 4) is 0 Å².